The van der Waals surface area contributed by atoms with Crippen molar-refractivity contribution in [3.05, 3.63) is 65.5 Å². The van der Waals surface area contributed by atoms with Crippen LogP contribution in [-0.2, 0) is 6.54 Å². The average molecular weight is 419 g/mol. The summed E-state index contributed by atoms with van der Waals surface area (Å²) in [4.78, 5) is 15.6. The van der Waals surface area contributed by atoms with Crippen molar-refractivity contribution in [3.8, 4) is 5.75 Å². The van der Waals surface area contributed by atoms with Crippen LogP contribution in [0.4, 0.5) is 17.6 Å². The summed E-state index contributed by atoms with van der Waals surface area (Å²) in [6.45, 7) is 7.48. The summed E-state index contributed by atoms with van der Waals surface area (Å²) < 4.78 is 6.02. The van der Waals surface area contributed by atoms with Gasteiger partial charge in [-0.25, -0.2) is 0 Å². The predicted octanol–water partition coefficient (Wildman–Crippen LogP) is 4.11. The fraction of sp³-hybridized carbons (Fsp3) is 0.375. The minimum Gasteiger partial charge on any atom is -0.493 e. The fourth-order valence-electron chi connectivity index (χ4n) is 3.90. The third kappa shape index (κ3) is 6.15. The van der Waals surface area contributed by atoms with E-state index in [9.17, 15) is 0 Å². The molecule has 2 aromatic carbocycles. The molecular formula is C24H30N6O. The van der Waals surface area contributed by atoms with E-state index in [-0.39, 0.29) is 5.95 Å². The highest BCUT2D eigenvalue weighted by Crippen LogP contribution is 2.21. The Morgan fingerprint density at radius 3 is 2.71 bits per heavy atom. The van der Waals surface area contributed by atoms with Gasteiger partial charge >= 0.3 is 0 Å². The van der Waals surface area contributed by atoms with Crippen molar-refractivity contribution in [1.82, 2.24) is 19.9 Å². The lowest BCUT2D eigenvalue weighted by Crippen LogP contribution is -2.37. The van der Waals surface area contributed by atoms with Crippen molar-refractivity contribution in [2.75, 3.05) is 30.7 Å². The van der Waals surface area contributed by atoms with Crippen LogP contribution in [0.3, 0.4) is 0 Å². The Kier molecular flexibility index (Phi) is 6.62. The number of aromatic nitrogens is 3. The van der Waals surface area contributed by atoms with E-state index >= 15 is 0 Å². The number of nitrogens with two attached hydrogens (primary N) is 1. The van der Waals surface area contributed by atoms with E-state index < -0.39 is 0 Å². The van der Waals surface area contributed by atoms with Gasteiger partial charge in [0.15, 0.2) is 0 Å². The van der Waals surface area contributed by atoms with Crippen LogP contribution in [-0.4, -0.2) is 39.5 Å². The number of benzene rings is 2. The molecule has 1 aromatic heterocycles. The van der Waals surface area contributed by atoms with Gasteiger partial charge < -0.3 is 15.8 Å². The van der Waals surface area contributed by atoms with Gasteiger partial charge in [-0.05, 0) is 63.1 Å². The summed E-state index contributed by atoms with van der Waals surface area (Å²) in [6, 6.07) is 16.3. The standard InChI is InChI=1S/C24H30N6O/c1-17-8-10-21(11-9-17)31-16-19-6-4-12-30(14-19)15-22-27-23(25)29-24(28-22)26-20-7-3-5-18(2)13-20/h3,5,7-11,13,19H,4,6,12,14-16H2,1-2H3,(H3,25,26,27,28,29). The first-order chi connectivity index (χ1) is 15.0. The van der Waals surface area contributed by atoms with Crippen LogP contribution >= 0.6 is 0 Å². The predicted molar refractivity (Wildman–Crippen MR) is 123 cm³/mol. The quantitative estimate of drug-likeness (QED) is 0.597. The normalized spacial score (nSPS) is 16.8. The molecular weight excluding hydrogens is 388 g/mol. The highest BCUT2D eigenvalue weighted by atomic mass is 16.5. The van der Waals surface area contributed by atoms with Gasteiger partial charge in [-0.15, -0.1) is 0 Å². The maximum Gasteiger partial charge on any atom is 0.232 e. The van der Waals surface area contributed by atoms with Crippen LogP contribution in [0.5, 0.6) is 5.75 Å². The summed E-state index contributed by atoms with van der Waals surface area (Å²) >= 11 is 0. The van der Waals surface area contributed by atoms with Gasteiger partial charge in [0.1, 0.15) is 11.6 Å². The second-order valence-corrected chi connectivity index (χ2v) is 8.30. The van der Waals surface area contributed by atoms with Crippen molar-refractivity contribution in [1.29, 1.82) is 0 Å². The molecule has 2 heterocycles. The van der Waals surface area contributed by atoms with Crippen molar-refractivity contribution >= 4 is 17.6 Å². The topological polar surface area (TPSA) is 89.2 Å². The van der Waals surface area contributed by atoms with Crippen molar-refractivity contribution in [2.24, 2.45) is 5.92 Å². The first-order valence-electron chi connectivity index (χ1n) is 10.8. The molecule has 0 amide bonds. The number of ether oxygens (including phenoxy) is 1. The van der Waals surface area contributed by atoms with Crippen LogP contribution in [0.25, 0.3) is 0 Å². The molecule has 4 rings (SSSR count). The maximum atomic E-state index is 6.02. The van der Waals surface area contributed by atoms with Gasteiger partial charge in [0.25, 0.3) is 0 Å². The number of nitrogen functional groups attached to an aromatic ring is 1. The number of rotatable bonds is 7. The molecule has 1 unspecified atom stereocenters. The zero-order chi connectivity index (χ0) is 21.6. The third-order valence-corrected chi connectivity index (χ3v) is 5.45. The number of likely N-dealkylation sites (tertiary alicyclic amines) is 1. The lowest BCUT2D eigenvalue weighted by Gasteiger charge is -2.32. The molecule has 7 heteroatoms. The molecule has 0 aliphatic carbocycles. The molecule has 162 valence electrons. The molecule has 1 fully saturated rings. The summed E-state index contributed by atoms with van der Waals surface area (Å²) in [5, 5.41) is 3.23. The SMILES string of the molecule is Cc1ccc(OCC2CCCN(Cc3nc(N)nc(Nc4cccc(C)c4)n3)C2)cc1. The van der Waals surface area contributed by atoms with Crippen LogP contribution in [0.15, 0.2) is 48.5 Å². The minimum absolute atomic E-state index is 0.233. The Bertz CT molecular complexity index is 1010. The van der Waals surface area contributed by atoms with Crippen LogP contribution < -0.4 is 15.8 Å². The Morgan fingerprint density at radius 2 is 1.90 bits per heavy atom. The van der Waals surface area contributed by atoms with E-state index in [4.69, 9.17) is 10.5 Å². The van der Waals surface area contributed by atoms with Gasteiger partial charge in [0.05, 0.1) is 13.2 Å². The number of hydrogen-bond donors (Lipinski definition) is 2. The number of aryl methyl sites for hydroxylation is 2. The van der Waals surface area contributed by atoms with E-state index in [1.165, 1.54) is 17.5 Å². The number of hydrogen-bond acceptors (Lipinski definition) is 7. The summed E-state index contributed by atoms with van der Waals surface area (Å²) in [7, 11) is 0. The number of anilines is 3. The molecule has 1 saturated heterocycles. The van der Waals surface area contributed by atoms with E-state index in [1.807, 2.05) is 43.3 Å². The molecule has 0 saturated carbocycles. The van der Waals surface area contributed by atoms with Crippen LogP contribution in [0, 0.1) is 19.8 Å². The Balaban J connectivity index is 1.35. The Morgan fingerprint density at radius 1 is 1.06 bits per heavy atom. The second kappa shape index (κ2) is 9.75. The second-order valence-electron chi connectivity index (χ2n) is 8.30. The summed E-state index contributed by atoms with van der Waals surface area (Å²) in [6.07, 6.45) is 2.30. The smallest absolute Gasteiger partial charge is 0.232 e. The van der Waals surface area contributed by atoms with Gasteiger partial charge in [-0.2, -0.15) is 15.0 Å². The van der Waals surface area contributed by atoms with E-state index in [1.54, 1.807) is 0 Å². The minimum atomic E-state index is 0.233. The molecule has 7 nitrogen and oxygen atoms in total. The van der Waals surface area contributed by atoms with Gasteiger partial charge in [0.2, 0.25) is 11.9 Å². The largest absolute Gasteiger partial charge is 0.493 e. The molecule has 3 aromatic rings. The molecule has 1 aliphatic rings. The van der Waals surface area contributed by atoms with E-state index in [0.29, 0.717) is 24.2 Å². The van der Waals surface area contributed by atoms with Crippen LogP contribution in [0.1, 0.15) is 29.8 Å². The Hall–Kier alpha value is -3.19. The highest BCUT2D eigenvalue weighted by molar-refractivity contribution is 5.54. The first-order valence-corrected chi connectivity index (χ1v) is 10.8. The van der Waals surface area contributed by atoms with Crippen molar-refractivity contribution < 1.29 is 4.74 Å². The molecule has 0 bridgehead atoms. The van der Waals surface area contributed by atoms with Gasteiger partial charge in [-0.1, -0.05) is 29.8 Å². The highest BCUT2D eigenvalue weighted by Gasteiger charge is 2.22. The Labute approximate surface area is 183 Å². The third-order valence-electron chi connectivity index (χ3n) is 5.45. The van der Waals surface area contributed by atoms with Gasteiger partial charge in [-0.3, -0.25) is 4.90 Å². The molecule has 1 aliphatic heterocycles. The first kappa shape index (κ1) is 21.1. The molecule has 31 heavy (non-hydrogen) atoms. The molecule has 1 atom stereocenters. The fourth-order valence-corrected chi connectivity index (χ4v) is 3.90. The lowest BCUT2D eigenvalue weighted by molar-refractivity contribution is 0.123. The van der Waals surface area contributed by atoms with Gasteiger partial charge in [0, 0.05) is 18.2 Å². The van der Waals surface area contributed by atoms with Crippen molar-refractivity contribution in [3.63, 3.8) is 0 Å². The lowest BCUT2D eigenvalue weighted by atomic mass is 9.99. The molecule has 3 N–H and O–H groups in total. The van der Waals surface area contributed by atoms with E-state index in [2.05, 4.69) is 44.2 Å². The monoisotopic (exact) mass is 418 g/mol. The number of nitrogens with one attached hydrogen (secondary N) is 1. The zero-order valence-corrected chi connectivity index (χ0v) is 18.2. The van der Waals surface area contributed by atoms with Crippen LogP contribution in [0.2, 0.25) is 0 Å². The number of piperidine rings is 1. The zero-order valence-electron chi connectivity index (χ0n) is 18.2. The average Bonchev–Trinajstić information content (AvgIpc) is 2.73. The summed E-state index contributed by atoms with van der Waals surface area (Å²) in [5.41, 5.74) is 9.30. The molecule has 0 radical (unpaired) electrons. The van der Waals surface area contributed by atoms with Crippen molar-refractivity contribution in [2.45, 2.75) is 33.2 Å². The molecule has 0 spiro atoms. The number of nitrogens with zero attached hydrogens (tertiary/aromatic N) is 4. The summed E-state index contributed by atoms with van der Waals surface area (Å²) in [5.74, 6) is 2.81. The maximum absolute atomic E-state index is 6.02. The van der Waals surface area contributed by atoms with E-state index in [0.717, 1.165) is 37.6 Å².